The average Bonchev–Trinajstić information content (AvgIpc) is 2.95. The van der Waals surface area contributed by atoms with E-state index in [1.54, 1.807) is 19.1 Å². The van der Waals surface area contributed by atoms with Gasteiger partial charge in [0, 0.05) is 10.9 Å². The van der Waals surface area contributed by atoms with Crippen molar-refractivity contribution >= 4 is 33.3 Å². The number of rotatable bonds is 2. The molecule has 2 aromatic heterocycles. The quantitative estimate of drug-likeness (QED) is 0.756. The van der Waals surface area contributed by atoms with Crippen LogP contribution in [0.3, 0.4) is 0 Å². The normalized spacial score (nSPS) is 10.8. The number of hydrogen-bond donors (Lipinski definition) is 2. The van der Waals surface area contributed by atoms with Crippen molar-refractivity contribution in [1.29, 1.82) is 0 Å². The number of aromatic nitrogens is 3. The lowest BCUT2D eigenvalue weighted by atomic mass is 10.2. The molecular formula is C12H9FN4OS. The number of H-pyrrole nitrogens is 1. The molecule has 96 valence electrons. The molecule has 0 saturated heterocycles. The molecule has 2 N–H and O–H groups in total. The fourth-order valence-electron chi connectivity index (χ4n) is 1.74. The number of anilines is 1. The maximum Gasteiger partial charge on any atom is 0.273 e. The van der Waals surface area contributed by atoms with Gasteiger partial charge in [-0.3, -0.25) is 10.1 Å². The van der Waals surface area contributed by atoms with Gasteiger partial charge in [-0.15, -0.1) is 10.2 Å². The molecule has 0 saturated carbocycles. The largest absolute Gasteiger partial charge is 0.351 e. The number of hydrogen-bond acceptors (Lipinski definition) is 4. The Morgan fingerprint density at radius 1 is 1.37 bits per heavy atom. The number of carbonyl (C=O) groups excluding carboxylic acids is 1. The molecule has 3 rings (SSSR count). The number of halogens is 1. The Labute approximate surface area is 111 Å². The highest BCUT2D eigenvalue weighted by Gasteiger charge is 2.12. The molecule has 7 heteroatoms. The number of nitrogens with zero attached hydrogens (tertiary/aromatic N) is 2. The van der Waals surface area contributed by atoms with Crippen molar-refractivity contribution in [3.05, 3.63) is 40.8 Å². The Balaban J connectivity index is 1.89. The molecule has 0 aliphatic heterocycles. The number of nitrogens with one attached hydrogen (secondary N) is 2. The standard InChI is InChI=1S/C12H9FN4OS/c1-6-16-17-12(19-6)15-11(18)10-5-7-4-8(13)2-3-9(7)14-10/h2-5,14H,1H3,(H,15,17,18). The Bertz CT molecular complexity index is 764. The third-order valence-electron chi connectivity index (χ3n) is 2.57. The van der Waals surface area contributed by atoms with Crippen molar-refractivity contribution in [3.63, 3.8) is 0 Å². The number of fused-ring (bicyclic) bond motifs is 1. The monoisotopic (exact) mass is 276 g/mol. The van der Waals surface area contributed by atoms with E-state index < -0.39 is 0 Å². The minimum atomic E-state index is -0.335. The molecule has 3 aromatic rings. The second-order valence-electron chi connectivity index (χ2n) is 3.99. The number of amides is 1. The van der Waals surface area contributed by atoms with E-state index in [-0.39, 0.29) is 11.7 Å². The van der Waals surface area contributed by atoms with Crippen LogP contribution in [0, 0.1) is 12.7 Å². The maximum absolute atomic E-state index is 13.1. The molecule has 1 aromatic carbocycles. The molecule has 0 atom stereocenters. The first-order valence-corrected chi connectivity index (χ1v) is 6.33. The Kier molecular flexibility index (Phi) is 2.75. The van der Waals surface area contributed by atoms with Crippen molar-refractivity contribution in [2.45, 2.75) is 6.92 Å². The van der Waals surface area contributed by atoms with Crippen LogP contribution < -0.4 is 5.32 Å². The lowest BCUT2D eigenvalue weighted by Gasteiger charge is -1.96. The predicted octanol–water partition coefficient (Wildman–Crippen LogP) is 2.72. The van der Waals surface area contributed by atoms with E-state index in [2.05, 4.69) is 20.5 Å². The molecule has 0 unspecified atom stereocenters. The summed E-state index contributed by atoms with van der Waals surface area (Å²) in [6.07, 6.45) is 0. The molecule has 0 aliphatic rings. The zero-order chi connectivity index (χ0) is 13.4. The molecule has 0 bridgehead atoms. The Morgan fingerprint density at radius 2 is 2.21 bits per heavy atom. The summed E-state index contributed by atoms with van der Waals surface area (Å²) in [7, 11) is 0. The molecule has 19 heavy (non-hydrogen) atoms. The SMILES string of the molecule is Cc1nnc(NC(=O)c2cc3cc(F)ccc3[nH]2)s1. The van der Waals surface area contributed by atoms with Gasteiger partial charge in [-0.2, -0.15) is 0 Å². The lowest BCUT2D eigenvalue weighted by molar-refractivity contribution is 0.102. The van der Waals surface area contributed by atoms with Gasteiger partial charge in [0.05, 0.1) is 0 Å². The van der Waals surface area contributed by atoms with Crippen LogP contribution in [0.4, 0.5) is 9.52 Å². The first-order valence-electron chi connectivity index (χ1n) is 5.51. The second kappa shape index (κ2) is 4.43. The summed E-state index contributed by atoms with van der Waals surface area (Å²) in [6, 6.07) is 5.91. The molecule has 2 heterocycles. The van der Waals surface area contributed by atoms with Crippen LogP contribution in [0.15, 0.2) is 24.3 Å². The van der Waals surface area contributed by atoms with Gasteiger partial charge in [0.25, 0.3) is 5.91 Å². The summed E-state index contributed by atoms with van der Waals surface area (Å²) in [4.78, 5) is 14.9. The predicted molar refractivity (Wildman–Crippen MR) is 70.9 cm³/mol. The molecule has 0 fully saturated rings. The molecule has 1 amide bonds. The van der Waals surface area contributed by atoms with Crippen molar-refractivity contribution in [3.8, 4) is 0 Å². The van der Waals surface area contributed by atoms with Gasteiger partial charge < -0.3 is 4.98 Å². The van der Waals surface area contributed by atoms with E-state index in [9.17, 15) is 9.18 Å². The number of benzene rings is 1. The Hall–Kier alpha value is -2.28. The maximum atomic E-state index is 13.1. The number of aryl methyl sites for hydroxylation is 1. The van der Waals surface area contributed by atoms with Crippen molar-refractivity contribution in [1.82, 2.24) is 15.2 Å². The minimum absolute atomic E-state index is 0.326. The molecular weight excluding hydrogens is 267 g/mol. The van der Waals surface area contributed by atoms with Crippen LogP contribution in [-0.2, 0) is 0 Å². The first kappa shape index (κ1) is 11.8. The van der Waals surface area contributed by atoms with Crippen LogP contribution in [0.2, 0.25) is 0 Å². The van der Waals surface area contributed by atoms with E-state index in [1.807, 2.05) is 0 Å². The van der Waals surface area contributed by atoms with Gasteiger partial charge in [0.1, 0.15) is 16.5 Å². The van der Waals surface area contributed by atoms with Crippen LogP contribution in [0.25, 0.3) is 10.9 Å². The Morgan fingerprint density at radius 3 is 2.95 bits per heavy atom. The van der Waals surface area contributed by atoms with Crippen LogP contribution in [0.5, 0.6) is 0 Å². The summed E-state index contributed by atoms with van der Waals surface area (Å²) in [6.45, 7) is 1.80. The zero-order valence-corrected chi connectivity index (χ0v) is 10.7. The first-order chi connectivity index (χ1) is 9.11. The highest BCUT2D eigenvalue weighted by Crippen LogP contribution is 2.19. The van der Waals surface area contributed by atoms with Crippen LogP contribution >= 0.6 is 11.3 Å². The minimum Gasteiger partial charge on any atom is -0.351 e. The summed E-state index contributed by atoms with van der Waals surface area (Å²) < 4.78 is 13.1. The highest BCUT2D eigenvalue weighted by molar-refractivity contribution is 7.15. The van der Waals surface area contributed by atoms with Crippen LogP contribution in [-0.4, -0.2) is 21.1 Å². The molecule has 5 nitrogen and oxygen atoms in total. The van der Waals surface area contributed by atoms with Gasteiger partial charge in [-0.05, 0) is 31.2 Å². The summed E-state index contributed by atoms with van der Waals surface area (Å²) in [5.74, 6) is -0.661. The number of carbonyl (C=O) groups is 1. The third kappa shape index (κ3) is 2.32. The smallest absolute Gasteiger partial charge is 0.273 e. The second-order valence-corrected chi connectivity index (χ2v) is 5.18. The van der Waals surface area contributed by atoms with E-state index in [0.717, 1.165) is 5.01 Å². The topological polar surface area (TPSA) is 70.7 Å². The van der Waals surface area contributed by atoms with E-state index in [4.69, 9.17) is 0 Å². The highest BCUT2D eigenvalue weighted by atomic mass is 32.1. The summed E-state index contributed by atoms with van der Waals surface area (Å²) >= 11 is 1.29. The van der Waals surface area contributed by atoms with Gasteiger partial charge in [0.15, 0.2) is 0 Å². The number of aromatic amines is 1. The van der Waals surface area contributed by atoms with Crippen molar-refractivity contribution in [2.24, 2.45) is 0 Å². The fourth-order valence-corrected chi connectivity index (χ4v) is 2.32. The third-order valence-corrected chi connectivity index (χ3v) is 3.33. The van der Waals surface area contributed by atoms with Gasteiger partial charge in [0.2, 0.25) is 5.13 Å². The summed E-state index contributed by atoms with van der Waals surface area (Å²) in [5.41, 5.74) is 1.06. The van der Waals surface area contributed by atoms with Crippen molar-refractivity contribution < 1.29 is 9.18 Å². The van der Waals surface area contributed by atoms with Crippen molar-refractivity contribution in [2.75, 3.05) is 5.32 Å². The van der Waals surface area contributed by atoms with Crippen LogP contribution in [0.1, 0.15) is 15.5 Å². The fraction of sp³-hybridized carbons (Fsp3) is 0.0833. The molecule has 0 radical (unpaired) electrons. The molecule has 0 spiro atoms. The van der Waals surface area contributed by atoms with E-state index >= 15 is 0 Å². The summed E-state index contributed by atoms with van der Waals surface area (Å²) in [5, 5.41) is 12.1. The van der Waals surface area contributed by atoms with Gasteiger partial charge in [-0.1, -0.05) is 11.3 Å². The van der Waals surface area contributed by atoms with E-state index in [1.165, 1.54) is 23.5 Å². The van der Waals surface area contributed by atoms with E-state index in [0.29, 0.717) is 21.7 Å². The van der Waals surface area contributed by atoms with Gasteiger partial charge >= 0.3 is 0 Å². The lowest BCUT2D eigenvalue weighted by Crippen LogP contribution is -2.11. The molecule has 0 aliphatic carbocycles. The average molecular weight is 276 g/mol. The van der Waals surface area contributed by atoms with Gasteiger partial charge in [-0.25, -0.2) is 4.39 Å². The zero-order valence-electron chi connectivity index (χ0n) is 9.90.